The van der Waals surface area contributed by atoms with Gasteiger partial charge in [0.25, 0.3) is 11.4 Å². The standard InChI is InChI=1S/C28H27FN6O4/c1-16(2)22(23(37)25-33-34-27(39-25)28(12-13-28)18-8-10-19(29)11-9-18)32-21(36)15-35-20(14-31-24(30)26(35)38)17-6-4-3-5-7-17/h3-11,14,16,22H,12-13,15H2,1-2H3,(H2,30,31)(H,32,36)/t22-/m0/s1. The summed E-state index contributed by atoms with van der Waals surface area (Å²) in [6.45, 7) is 3.16. The van der Waals surface area contributed by atoms with Crippen molar-refractivity contribution >= 4 is 17.5 Å². The Morgan fingerprint density at radius 1 is 1.10 bits per heavy atom. The quantitative estimate of drug-likeness (QED) is 0.314. The van der Waals surface area contributed by atoms with Gasteiger partial charge in [-0.15, -0.1) is 10.2 Å². The summed E-state index contributed by atoms with van der Waals surface area (Å²) >= 11 is 0. The highest BCUT2D eigenvalue weighted by Gasteiger charge is 2.51. The van der Waals surface area contributed by atoms with Crippen LogP contribution in [-0.4, -0.2) is 37.5 Å². The van der Waals surface area contributed by atoms with Crippen LogP contribution in [0.5, 0.6) is 0 Å². The molecular formula is C28H27FN6O4. The second kappa shape index (κ2) is 10.2. The number of Topliss-reactive ketones (excluding diaryl/α,β-unsaturated/α-hetero) is 1. The van der Waals surface area contributed by atoms with Crippen LogP contribution in [0, 0.1) is 11.7 Å². The number of aromatic nitrogens is 4. The fourth-order valence-electron chi connectivity index (χ4n) is 4.57. The minimum Gasteiger partial charge on any atom is -0.417 e. The molecule has 5 rings (SSSR count). The second-order valence-corrected chi connectivity index (χ2v) is 9.94. The Bertz CT molecular complexity index is 1580. The van der Waals surface area contributed by atoms with E-state index in [1.165, 1.54) is 22.9 Å². The molecule has 200 valence electrons. The third-order valence-corrected chi connectivity index (χ3v) is 6.91. The van der Waals surface area contributed by atoms with Gasteiger partial charge in [-0.25, -0.2) is 9.37 Å². The lowest BCUT2D eigenvalue weighted by atomic mass is 9.96. The normalized spacial score (nSPS) is 14.7. The summed E-state index contributed by atoms with van der Waals surface area (Å²) in [5, 5.41) is 10.8. The van der Waals surface area contributed by atoms with E-state index in [4.69, 9.17) is 10.2 Å². The Balaban J connectivity index is 1.36. The molecule has 3 N–H and O–H groups in total. The fraction of sp³-hybridized carbons (Fsp3) is 0.286. The summed E-state index contributed by atoms with van der Waals surface area (Å²) in [7, 11) is 0. The summed E-state index contributed by atoms with van der Waals surface area (Å²) in [5.41, 5.74) is 6.49. The molecule has 0 bridgehead atoms. The first-order valence-corrected chi connectivity index (χ1v) is 12.5. The van der Waals surface area contributed by atoms with Crippen LogP contribution in [-0.2, 0) is 16.8 Å². The number of hydrogen-bond donors (Lipinski definition) is 2. The molecule has 1 fully saturated rings. The van der Waals surface area contributed by atoms with E-state index in [0.717, 1.165) is 18.4 Å². The molecule has 0 unspecified atom stereocenters. The van der Waals surface area contributed by atoms with Crippen molar-refractivity contribution in [3.8, 4) is 11.3 Å². The molecule has 1 atom stereocenters. The smallest absolute Gasteiger partial charge is 0.294 e. The van der Waals surface area contributed by atoms with Crippen molar-refractivity contribution in [2.24, 2.45) is 5.92 Å². The molecule has 2 heterocycles. The van der Waals surface area contributed by atoms with E-state index in [-0.39, 0.29) is 35.9 Å². The number of rotatable bonds is 9. The Kier molecular flexibility index (Phi) is 6.81. The molecule has 1 saturated carbocycles. The Morgan fingerprint density at radius 3 is 2.44 bits per heavy atom. The molecule has 2 aromatic carbocycles. The van der Waals surface area contributed by atoms with Crippen LogP contribution in [0.15, 0.2) is 70.0 Å². The van der Waals surface area contributed by atoms with Gasteiger partial charge in [-0.05, 0) is 42.0 Å². The van der Waals surface area contributed by atoms with E-state index in [1.54, 1.807) is 50.2 Å². The first-order valence-electron chi connectivity index (χ1n) is 12.5. The number of anilines is 1. The summed E-state index contributed by atoms with van der Waals surface area (Å²) in [6.07, 6.45) is 2.89. The maximum atomic E-state index is 13.4. The van der Waals surface area contributed by atoms with Gasteiger partial charge in [0.15, 0.2) is 5.82 Å². The average molecular weight is 531 g/mol. The van der Waals surface area contributed by atoms with Gasteiger partial charge in [-0.2, -0.15) is 0 Å². The van der Waals surface area contributed by atoms with Crippen LogP contribution in [0.3, 0.4) is 0 Å². The van der Waals surface area contributed by atoms with Crippen LogP contribution < -0.4 is 16.6 Å². The van der Waals surface area contributed by atoms with Gasteiger partial charge in [-0.3, -0.25) is 19.0 Å². The first kappa shape index (κ1) is 26.0. The Labute approximate surface area is 223 Å². The number of ketones is 1. The van der Waals surface area contributed by atoms with Gasteiger partial charge in [0, 0.05) is 0 Å². The van der Waals surface area contributed by atoms with Gasteiger partial charge in [0.2, 0.25) is 17.6 Å². The Hall–Kier alpha value is -4.67. The number of nitrogens with one attached hydrogen (secondary N) is 1. The molecule has 1 amide bonds. The summed E-state index contributed by atoms with van der Waals surface area (Å²) in [6, 6.07) is 14.1. The zero-order chi connectivity index (χ0) is 27.7. The zero-order valence-electron chi connectivity index (χ0n) is 21.4. The third kappa shape index (κ3) is 5.07. The van der Waals surface area contributed by atoms with Gasteiger partial charge in [0.05, 0.1) is 23.3 Å². The molecule has 0 aliphatic heterocycles. The number of benzene rings is 2. The highest BCUT2D eigenvalue weighted by molar-refractivity contribution is 5.98. The minimum atomic E-state index is -0.984. The van der Waals surface area contributed by atoms with E-state index in [1.807, 2.05) is 6.07 Å². The lowest BCUT2D eigenvalue weighted by Crippen LogP contribution is -2.46. The molecule has 0 radical (unpaired) electrons. The number of nitrogens with zero attached hydrogens (tertiary/aromatic N) is 4. The lowest BCUT2D eigenvalue weighted by Gasteiger charge is -2.20. The maximum Gasteiger partial charge on any atom is 0.294 e. The van der Waals surface area contributed by atoms with E-state index in [9.17, 15) is 18.8 Å². The van der Waals surface area contributed by atoms with Crippen molar-refractivity contribution in [3.63, 3.8) is 0 Å². The van der Waals surface area contributed by atoms with E-state index in [2.05, 4.69) is 20.5 Å². The molecular weight excluding hydrogens is 503 g/mol. The minimum absolute atomic E-state index is 0.229. The highest BCUT2D eigenvalue weighted by Crippen LogP contribution is 2.52. The number of hydrogen-bond acceptors (Lipinski definition) is 8. The predicted octanol–water partition coefficient (Wildman–Crippen LogP) is 3.12. The van der Waals surface area contributed by atoms with Crippen LogP contribution in [0.25, 0.3) is 11.3 Å². The van der Waals surface area contributed by atoms with Crippen molar-refractivity contribution < 1.29 is 18.4 Å². The van der Waals surface area contributed by atoms with Crippen molar-refractivity contribution in [1.29, 1.82) is 0 Å². The topological polar surface area (TPSA) is 146 Å². The highest BCUT2D eigenvalue weighted by atomic mass is 19.1. The van der Waals surface area contributed by atoms with Crippen LogP contribution in [0.2, 0.25) is 0 Å². The number of nitrogen functional groups attached to an aromatic ring is 1. The van der Waals surface area contributed by atoms with Crippen LogP contribution in [0.4, 0.5) is 10.2 Å². The van der Waals surface area contributed by atoms with E-state index in [0.29, 0.717) is 11.3 Å². The monoisotopic (exact) mass is 530 g/mol. The molecule has 0 saturated heterocycles. The molecule has 10 nitrogen and oxygen atoms in total. The van der Waals surface area contributed by atoms with Crippen molar-refractivity contribution in [2.45, 2.75) is 44.7 Å². The zero-order valence-corrected chi connectivity index (χ0v) is 21.4. The molecule has 39 heavy (non-hydrogen) atoms. The number of halogens is 1. The lowest BCUT2D eigenvalue weighted by molar-refractivity contribution is -0.122. The fourth-order valence-corrected chi connectivity index (χ4v) is 4.57. The van der Waals surface area contributed by atoms with E-state index >= 15 is 0 Å². The predicted molar refractivity (Wildman–Crippen MR) is 140 cm³/mol. The number of nitrogens with two attached hydrogens (primary N) is 1. The number of carbonyl (C=O) groups excluding carboxylic acids is 2. The largest absolute Gasteiger partial charge is 0.417 e. The number of carbonyl (C=O) groups is 2. The molecule has 11 heteroatoms. The molecule has 1 aliphatic carbocycles. The molecule has 0 spiro atoms. The SMILES string of the molecule is CC(C)[C@H](NC(=O)Cn1c(-c2ccccc2)cnc(N)c1=O)C(=O)c1nnc(C2(c3ccc(F)cc3)CC2)o1. The molecule has 1 aliphatic rings. The van der Waals surface area contributed by atoms with Gasteiger partial charge in [-0.1, -0.05) is 56.3 Å². The average Bonchev–Trinajstić information content (AvgIpc) is 3.58. The van der Waals surface area contributed by atoms with Gasteiger partial charge < -0.3 is 15.5 Å². The first-order chi connectivity index (χ1) is 18.7. The van der Waals surface area contributed by atoms with E-state index < -0.39 is 28.7 Å². The van der Waals surface area contributed by atoms with Crippen molar-refractivity contribution in [1.82, 2.24) is 25.1 Å². The third-order valence-electron chi connectivity index (χ3n) is 6.91. The van der Waals surface area contributed by atoms with Crippen molar-refractivity contribution in [3.05, 3.63) is 94.3 Å². The summed E-state index contributed by atoms with van der Waals surface area (Å²) < 4.78 is 20.4. The Morgan fingerprint density at radius 2 is 1.79 bits per heavy atom. The molecule has 2 aromatic heterocycles. The summed E-state index contributed by atoms with van der Waals surface area (Å²) in [4.78, 5) is 43.2. The van der Waals surface area contributed by atoms with Gasteiger partial charge in [0.1, 0.15) is 12.4 Å². The second-order valence-electron chi connectivity index (χ2n) is 9.94. The van der Waals surface area contributed by atoms with Gasteiger partial charge >= 0.3 is 0 Å². The van der Waals surface area contributed by atoms with Crippen molar-refractivity contribution in [2.75, 3.05) is 5.73 Å². The summed E-state index contributed by atoms with van der Waals surface area (Å²) in [5.74, 6) is -1.98. The number of amides is 1. The van der Waals surface area contributed by atoms with Crippen LogP contribution in [0.1, 0.15) is 48.8 Å². The van der Waals surface area contributed by atoms with Crippen LogP contribution >= 0.6 is 0 Å². The molecule has 4 aromatic rings. The maximum absolute atomic E-state index is 13.4.